The molecule has 111 heavy (non-hydrogen) atoms. The Hall–Kier alpha value is -10.4. The number of benzene rings is 9. The van der Waals surface area contributed by atoms with Gasteiger partial charge in [-0.15, -0.1) is 0 Å². The molecule has 0 aliphatic rings. The minimum absolute atomic E-state index is 0.297. The fourth-order valence-corrected chi connectivity index (χ4v) is 7.98. The van der Waals surface area contributed by atoms with Crippen LogP contribution < -0.4 is 4.90 Å². The van der Waals surface area contributed by atoms with Gasteiger partial charge >= 0.3 is 54.1 Å². The molecule has 0 aliphatic carbocycles. The first-order chi connectivity index (χ1) is 50.6. The quantitative estimate of drug-likeness (QED) is 0.0568. The first-order valence-electron chi connectivity index (χ1n) is 26.2. The average molecular weight is 1700 g/mol. The summed E-state index contributed by atoms with van der Waals surface area (Å²) in [5, 5.41) is 0. The number of nitrogens with zero attached hydrogens (tertiary/aromatic N) is 1. The molecular formula is C59H10AlF48NO2. The summed E-state index contributed by atoms with van der Waals surface area (Å²) in [6, 6.07) is -13.6. The van der Waals surface area contributed by atoms with E-state index in [0.29, 0.717) is 48.5 Å². The Kier molecular flexibility index (Phi) is 28.8. The second-order valence-electron chi connectivity index (χ2n) is 19.6. The molecule has 0 aromatic heterocycles. The number of alkyl halides is 13. The van der Waals surface area contributed by atoms with Gasteiger partial charge in [-0.3, -0.25) is 0 Å². The van der Waals surface area contributed by atoms with E-state index in [1.54, 1.807) is 0 Å². The van der Waals surface area contributed by atoms with Crippen molar-refractivity contribution in [3.63, 3.8) is 0 Å². The van der Waals surface area contributed by atoms with Crippen LogP contribution in [0.15, 0.2) is 54.6 Å². The zero-order chi connectivity index (χ0) is 86.1. The van der Waals surface area contributed by atoms with Crippen LogP contribution in [0.2, 0.25) is 0 Å². The molecule has 0 unspecified atom stereocenters. The Morgan fingerprint density at radius 1 is 0.225 bits per heavy atom. The summed E-state index contributed by atoms with van der Waals surface area (Å²) in [5.41, 5.74) is -19.0. The van der Waals surface area contributed by atoms with Gasteiger partial charge in [-0.05, 0) is 48.5 Å². The van der Waals surface area contributed by atoms with Crippen molar-refractivity contribution >= 4 is 21.2 Å². The molecule has 9 rings (SSSR count). The summed E-state index contributed by atoms with van der Waals surface area (Å²) < 4.78 is 638. The Morgan fingerprint density at radius 2 is 0.396 bits per heavy atom. The molecule has 1 N–H and O–H groups in total. The van der Waals surface area contributed by atoms with Crippen LogP contribution in [0.3, 0.4) is 0 Å². The SMILES string of the molecule is Fc1cc(N(C(F)(F)C(F)(F)F)C(F)(F)C(F)(F)F)c(F)c(C(F)(F)F)c1F.Fc1ccc(-c2c(F)c(F)c(F)c(F)c2F)c(F)c1F.Fc1ccc(-c2c(F)c(F)c(F)c(F)c2F)c(F)c1F.Fc1ccc(-c2c(F)c(F)c(F)c(F)c2F)c(F)c1F.Fc1ccc(-c2c(F)c(F)c(F)c(F)c2F)c(F)c1F.[O]=[Al][OH]. The van der Waals surface area contributed by atoms with Crippen LogP contribution in [0.5, 0.6) is 0 Å². The molecule has 0 bridgehead atoms. The molecule has 9 aromatic carbocycles. The maximum atomic E-state index is 13.7. The molecule has 0 saturated carbocycles. The first kappa shape index (κ1) is 92.9. The van der Waals surface area contributed by atoms with Crippen molar-refractivity contribution in [3.8, 4) is 44.5 Å². The van der Waals surface area contributed by atoms with Gasteiger partial charge < -0.3 is 0 Å². The van der Waals surface area contributed by atoms with Gasteiger partial charge in [0.25, 0.3) is 0 Å². The Labute approximate surface area is 582 Å². The van der Waals surface area contributed by atoms with E-state index < -0.39 is 316 Å². The fourth-order valence-electron chi connectivity index (χ4n) is 7.98. The zero-order valence-electron chi connectivity index (χ0n) is 50.2. The van der Waals surface area contributed by atoms with Crippen LogP contribution in [0.4, 0.5) is 216 Å². The van der Waals surface area contributed by atoms with Gasteiger partial charge in [-0.2, -0.15) is 57.1 Å². The second-order valence-corrected chi connectivity index (χ2v) is 19.8. The summed E-state index contributed by atoms with van der Waals surface area (Å²) in [6.07, 6.45) is -21.1. The van der Waals surface area contributed by atoms with Crippen molar-refractivity contribution in [3.05, 3.63) is 264 Å². The number of hydrogen-bond donors (Lipinski definition) is 1. The Morgan fingerprint density at radius 3 is 0.559 bits per heavy atom. The van der Waals surface area contributed by atoms with Gasteiger partial charge in [0, 0.05) is 28.3 Å². The third kappa shape index (κ3) is 18.0. The topological polar surface area (TPSA) is 40.5 Å². The van der Waals surface area contributed by atoms with E-state index in [0.717, 1.165) is 0 Å². The van der Waals surface area contributed by atoms with E-state index in [4.69, 9.17) is 7.96 Å². The third-order valence-corrected chi connectivity index (χ3v) is 13.0. The molecular weight excluding hydrogens is 1690 g/mol. The van der Waals surface area contributed by atoms with Crippen molar-refractivity contribution in [1.82, 2.24) is 0 Å². The molecule has 0 aliphatic heterocycles. The number of halogens is 48. The van der Waals surface area contributed by atoms with E-state index >= 15 is 0 Å². The van der Waals surface area contributed by atoms with Gasteiger partial charge in [0.05, 0.1) is 27.9 Å². The number of rotatable bonds is 7. The molecule has 52 heteroatoms. The molecule has 602 valence electrons. The average Bonchev–Trinajstić information content (AvgIpc) is 0.724. The number of anilines is 1. The van der Waals surface area contributed by atoms with Crippen molar-refractivity contribution in [2.45, 2.75) is 30.6 Å². The Balaban J connectivity index is 0.000000292. The summed E-state index contributed by atoms with van der Waals surface area (Å²) in [4.78, 5) is -3.45. The molecule has 9 aromatic rings. The van der Waals surface area contributed by atoms with E-state index in [2.05, 4.69) is 0 Å². The van der Waals surface area contributed by atoms with Gasteiger partial charge in [0.2, 0.25) is 23.3 Å². The molecule has 0 fully saturated rings. The minimum atomic E-state index is -7.39. The summed E-state index contributed by atoms with van der Waals surface area (Å²) in [5.74, 6) is -80.5. The molecule has 0 radical (unpaired) electrons. The summed E-state index contributed by atoms with van der Waals surface area (Å²) in [7, 11) is 0. The van der Waals surface area contributed by atoms with Crippen LogP contribution in [0.1, 0.15) is 5.56 Å². The summed E-state index contributed by atoms with van der Waals surface area (Å²) in [6.45, 7) is 0. The molecule has 0 heterocycles. The van der Waals surface area contributed by atoms with Crippen LogP contribution in [-0.4, -0.2) is 44.1 Å². The molecule has 0 saturated heterocycles. The summed E-state index contributed by atoms with van der Waals surface area (Å²) >= 11 is -1.50. The van der Waals surface area contributed by atoms with E-state index in [9.17, 15) is 211 Å². The van der Waals surface area contributed by atoms with Gasteiger partial charge in [-0.25, -0.2) is 159 Å². The second kappa shape index (κ2) is 34.4. The predicted molar refractivity (Wildman–Crippen MR) is 271 cm³/mol. The maximum absolute atomic E-state index is 13.7. The zero-order valence-corrected chi connectivity index (χ0v) is 51.4. The van der Waals surface area contributed by atoms with Gasteiger partial charge in [0.15, 0.2) is 180 Å². The molecule has 0 spiro atoms. The fraction of sp³-hybridized carbons (Fsp3) is 0.0847. The Bertz CT molecular complexity index is 4460. The van der Waals surface area contributed by atoms with E-state index in [1.807, 2.05) is 0 Å². The molecule has 0 amide bonds. The monoisotopic (exact) mass is 1700 g/mol. The van der Waals surface area contributed by atoms with Crippen LogP contribution in [-0.2, 0) is 9.98 Å². The van der Waals surface area contributed by atoms with E-state index in [1.165, 1.54) is 0 Å². The van der Waals surface area contributed by atoms with Gasteiger partial charge in [0.1, 0.15) is 5.56 Å². The van der Waals surface area contributed by atoms with Crippen LogP contribution >= 0.6 is 0 Å². The van der Waals surface area contributed by atoms with Crippen molar-refractivity contribution in [2.75, 3.05) is 4.90 Å². The van der Waals surface area contributed by atoms with Crippen LogP contribution in [0.25, 0.3) is 44.5 Å². The number of hydrogen-bond acceptors (Lipinski definition) is 2. The standard InChI is InChI=1S/4C12H2F8.C11HF16N.Al.H2O.O/c4*13-4-2-1-3(6(14)7(4)15)5-8(16)10(18)12(20)11(19)9(5)17;12-2-1-3(6(14)4(5(2)13)7(15,16)17)28(10(24,25)8(18,19)20)11(26,27)9(21,22)23;;;/h4*1-2H;1H;;1H2;/q;;;;;+1;;/p-1. The van der Waals surface area contributed by atoms with Crippen molar-refractivity contribution < 1.29 is 219 Å². The first-order valence-corrected chi connectivity index (χ1v) is 27.2. The normalized spacial score (nSPS) is 11.6. The molecule has 3 nitrogen and oxygen atoms in total. The van der Waals surface area contributed by atoms with Gasteiger partial charge in [-0.1, -0.05) is 0 Å². The van der Waals surface area contributed by atoms with Crippen LogP contribution in [0, 0.1) is 204 Å². The van der Waals surface area contributed by atoms with E-state index in [-0.39, 0.29) is 0 Å². The molecule has 0 atom stereocenters. The van der Waals surface area contributed by atoms with Crippen molar-refractivity contribution in [2.24, 2.45) is 0 Å². The predicted octanol–water partition coefficient (Wildman–Crippen LogP) is 23.0. The van der Waals surface area contributed by atoms with Crippen molar-refractivity contribution in [1.29, 1.82) is 0 Å². The third-order valence-electron chi connectivity index (χ3n) is 13.0.